The maximum atomic E-state index is 12.6. The molecule has 2 aliphatic carbocycles. The van der Waals surface area contributed by atoms with Crippen molar-refractivity contribution in [3.8, 4) is 5.75 Å². The Labute approximate surface area is 140 Å². The van der Waals surface area contributed by atoms with Crippen LogP contribution in [0.2, 0.25) is 0 Å². The van der Waals surface area contributed by atoms with Crippen LogP contribution < -0.4 is 4.18 Å². The topological polar surface area (TPSA) is 43.4 Å². The van der Waals surface area contributed by atoms with Gasteiger partial charge in [-0.2, -0.15) is 21.6 Å². The van der Waals surface area contributed by atoms with Crippen molar-refractivity contribution in [1.82, 2.24) is 0 Å². The van der Waals surface area contributed by atoms with Crippen molar-refractivity contribution in [2.24, 2.45) is 5.92 Å². The summed E-state index contributed by atoms with van der Waals surface area (Å²) in [6, 6.07) is 4.58. The Morgan fingerprint density at radius 3 is 2.67 bits per heavy atom. The van der Waals surface area contributed by atoms with Gasteiger partial charge < -0.3 is 4.18 Å². The highest BCUT2D eigenvalue weighted by Crippen LogP contribution is 2.52. The summed E-state index contributed by atoms with van der Waals surface area (Å²) in [6.07, 6.45) is 7.27. The zero-order valence-electron chi connectivity index (χ0n) is 13.5. The van der Waals surface area contributed by atoms with E-state index in [9.17, 15) is 21.6 Å². The van der Waals surface area contributed by atoms with Gasteiger partial charge in [0.25, 0.3) is 0 Å². The lowest BCUT2D eigenvalue weighted by Gasteiger charge is -2.48. The van der Waals surface area contributed by atoms with Crippen LogP contribution in [0.3, 0.4) is 0 Å². The van der Waals surface area contributed by atoms with Crippen LogP contribution in [0, 0.1) is 5.92 Å². The summed E-state index contributed by atoms with van der Waals surface area (Å²) in [5, 5.41) is 0. The lowest BCUT2D eigenvalue weighted by molar-refractivity contribution is -0.0500. The van der Waals surface area contributed by atoms with Gasteiger partial charge in [-0.15, -0.1) is 0 Å². The van der Waals surface area contributed by atoms with Gasteiger partial charge in [0.1, 0.15) is 5.75 Å². The molecule has 0 amide bonds. The van der Waals surface area contributed by atoms with Gasteiger partial charge in [-0.3, -0.25) is 0 Å². The molecular formula is C17H21F3O3S. The largest absolute Gasteiger partial charge is 0.534 e. The molecule has 1 saturated carbocycles. The number of aryl methyl sites for hydroxylation is 1. The lowest BCUT2D eigenvalue weighted by Crippen LogP contribution is -2.41. The van der Waals surface area contributed by atoms with Crippen molar-refractivity contribution in [1.29, 1.82) is 0 Å². The standard InChI is InChI=1S/C17H21F3O3S/c1-2-16-10-4-3-5-13(16)8-6-12-7-9-14(11-15(12)16)23-24(21,22)17(18,19)20/h7,9,11,13H,2-6,8,10H2,1H3/t13?,16-/m0/s1. The van der Waals surface area contributed by atoms with Gasteiger partial charge in [-0.05, 0) is 66.7 Å². The van der Waals surface area contributed by atoms with Crippen LogP contribution in [0.4, 0.5) is 13.2 Å². The first-order valence-corrected chi connectivity index (χ1v) is 9.74. The molecule has 2 atom stereocenters. The molecule has 1 unspecified atom stereocenters. The number of hydrogen-bond donors (Lipinski definition) is 0. The van der Waals surface area contributed by atoms with Crippen molar-refractivity contribution >= 4 is 10.1 Å². The van der Waals surface area contributed by atoms with Crippen molar-refractivity contribution in [3.63, 3.8) is 0 Å². The van der Waals surface area contributed by atoms with Crippen molar-refractivity contribution in [3.05, 3.63) is 29.3 Å². The molecular weight excluding hydrogens is 341 g/mol. The van der Waals surface area contributed by atoms with Gasteiger partial charge >= 0.3 is 15.6 Å². The molecule has 0 heterocycles. The fourth-order valence-electron chi connectivity index (χ4n) is 4.54. The number of alkyl halides is 3. The summed E-state index contributed by atoms with van der Waals surface area (Å²) < 4.78 is 64.6. The van der Waals surface area contributed by atoms with Crippen LogP contribution in [-0.4, -0.2) is 13.9 Å². The summed E-state index contributed by atoms with van der Waals surface area (Å²) in [7, 11) is -5.63. The van der Waals surface area contributed by atoms with E-state index in [2.05, 4.69) is 11.1 Å². The molecule has 24 heavy (non-hydrogen) atoms. The second-order valence-corrected chi connectivity index (χ2v) is 8.33. The van der Waals surface area contributed by atoms with E-state index in [4.69, 9.17) is 0 Å². The molecule has 0 aliphatic heterocycles. The third-order valence-corrected chi connectivity index (χ3v) is 6.69. The lowest BCUT2D eigenvalue weighted by atomic mass is 9.56. The average Bonchev–Trinajstić information content (AvgIpc) is 2.53. The van der Waals surface area contributed by atoms with E-state index in [0.717, 1.165) is 49.7 Å². The number of halogens is 3. The van der Waals surface area contributed by atoms with Crippen LogP contribution in [0.25, 0.3) is 0 Å². The smallest absolute Gasteiger partial charge is 0.376 e. The minimum Gasteiger partial charge on any atom is -0.376 e. The summed E-state index contributed by atoms with van der Waals surface area (Å²) in [5.41, 5.74) is -3.39. The predicted octanol–water partition coefficient (Wildman–Crippen LogP) is 4.70. The van der Waals surface area contributed by atoms with E-state index in [1.54, 1.807) is 6.07 Å². The fraction of sp³-hybridized carbons (Fsp3) is 0.647. The molecule has 0 bridgehead atoms. The Kier molecular flexibility index (Phi) is 4.35. The van der Waals surface area contributed by atoms with Gasteiger partial charge in [0, 0.05) is 0 Å². The minimum atomic E-state index is -5.63. The van der Waals surface area contributed by atoms with E-state index in [1.165, 1.54) is 18.6 Å². The highest BCUT2D eigenvalue weighted by Gasteiger charge is 2.49. The van der Waals surface area contributed by atoms with Gasteiger partial charge in [0.15, 0.2) is 0 Å². The van der Waals surface area contributed by atoms with E-state index in [1.807, 2.05) is 0 Å². The molecule has 2 aliphatic rings. The molecule has 0 saturated heterocycles. The molecule has 134 valence electrons. The molecule has 3 nitrogen and oxygen atoms in total. The van der Waals surface area contributed by atoms with Crippen molar-refractivity contribution in [2.45, 2.75) is 62.8 Å². The van der Waals surface area contributed by atoms with Gasteiger partial charge in [-0.1, -0.05) is 25.8 Å². The Morgan fingerprint density at radius 2 is 2.00 bits per heavy atom. The van der Waals surface area contributed by atoms with Crippen LogP contribution in [0.5, 0.6) is 5.75 Å². The van der Waals surface area contributed by atoms with Gasteiger partial charge in [-0.25, -0.2) is 0 Å². The highest BCUT2D eigenvalue weighted by molar-refractivity contribution is 7.88. The van der Waals surface area contributed by atoms with Crippen LogP contribution in [0.15, 0.2) is 18.2 Å². The second-order valence-electron chi connectivity index (χ2n) is 6.79. The zero-order valence-corrected chi connectivity index (χ0v) is 14.3. The molecule has 1 aromatic rings. The summed E-state index contributed by atoms with van der Waals surface area (Å²) in [6.45, 7) is 2.10. The highest BCUT2D eigenvalue weighted by atomic mass is 32.2. The molecule has 3 rings (SSSR count). The normalized spacial score (nSPS) is 27.2. The number of rotatable bonds is 3. The first kappa shape index (κ1) is 17.6. The molecule has 0 radical (unpaired) electrons. The van der Waals surface area contributed by atoms with Crippen LogP contribution >= 0.6 is 0 Å². The van der Waals surface area contributed by atoms with Crippen LogP contribution in [-0.2, 0) is 22.0 Å². The Hall–Kier alpha value is -1.24. The molecule has 1 fully saturated rings. The Balaban J connectivity index is 2.01. The molecule has 0 aromatic heterocycles. The zero-order chi connectivity index (χ0) is 17.6. The van der Waals surface area contributed by atoms with Gasteiger partial charge in [0.2, 0.25) is 0 Å². The Morgan fingerprint density at radius 1 is 1.25 bits per heavy atom. The number of fused-ring (bicyclic) bond motifs is 3. The van der Waals surface area contributed by atoms with Gasteiger partial charge in [0.05, 0.1) is 0 Å². The van der Waals surface area contributed by atoms with E-state index in [-0.39, 0.29) is 11.2 Å². The monoisotopic (exact) mass is 362 g/mol. The van der Waals surface area contributed by atoms with Crippen LogP contribution in [0.1, 0.15) is 56.6 Å². The summed E-state index contributed by atoms with van der Waals surface area (Å²) in [5.74, 6) is 0.267. The Bertz CT molecular complexity index is 727. The maximum absolute atomic E-state index is 12.6. The first-order chi connectivity index (χ1) is 11.2. The van der Waals surface area contributed by atoms with E-state index in [0.29, 0.717) is 5.92 Å². The minimum absolute atomic E-state index is 0.0623. The molecule has 7 heteroatoms. The molecule has 0 spiro atoms. The predicted molar refractivity (Wildman–Crippen MR) is 84.3 cm³/mol. The number of benzene rings is 1. The first-order valence-electron chi connectivity index (χ1n) is 8.34. The van der Waals surface area contributed by atoms with Crippen molar-refractivity contribution < 1.29 is 25.8 Å². The molecule has 1 aromatic carbocycles. The van der Waals surface area contributed by atoms with E-state index < -0.39 is 15.6 Å². The quantitative estimate of drug-likeness (QED) is 0.578. The third kappa shape index (κ3) is 2.80. The average molecular weight is 362 g/mol. The third-order valence-electron chi connectivity index (χ3n) is 5.71. The second kappa shape index (κ2) is 5.93. The fourth-order valence-corrected chi connectivity index (χ4v) is 4.99. The SMILES string of the molecule is CC[C@]12CCCCC1CCc1ccc(OS(=O)(=O)C(F)(F)F)cc12. The van der Waals surface area contributed by atoms with Crippen molar-refractivity contribution in [2.75, 3.05) is 0 Å². The maximum Gasteiger partial charge on any atom is 0.534 e. The number of hydrogen-bond acceptors (Lipinski definition) is 3. The summed E-state index contributed by atoms with van der Waals surface area (Å²) in [4.78, 5) is 0. The summed E-state index contributed by atoms with van der Waals surface area (Å²) >= 11 is 0. The molecule has 0 N–H and O–H groups in total. The van der Waals surface area contributed by atoms with E-state index >= 15 is 0 Å².